The zero-order valence-corrected chi connectivity index (χ0v) is 12.4. The van der Waals surface area contributed by atoms with Gasteiger partial charge in [0.15, 0.2) is 0 Å². The van der Waals surface area contributed by atoms with E-state index in [4.69, 9.17) is 0 Å². The maximum Gasteiger partial charge on any atom is 0.228 e. The number of H-pyrrole nitrogens is 1. The van der Waals surface area contributed by atoms with Gasteiger partial charge in [0.1, 0.15) is 0 Å². The molecule has 0 radical (unpaired) electrons. The molecule has 0 saturated carbocycles. The monoisotopic (exact) mass is 287 g/mol. The van der Waals surface area contributed by atoms with Crippen molar-refractivity contribution in [2.75, 3.05) is 13.1 Å². The van der Waals surface area contributed by atoms with Crippen molar-refractivity contribution in [1.29, 1.82) is 0 Å². The van der Waals surface area contributed by atoms with Gasteiger partial charge in [0.25, 0.3) is 0 Å². The molecule has 0 aliphatic rings. The Morgan fingerprint density at radius 1 is 1.33 bits per heavy atom. The second-order valence-electron chi connectivity index (χ2n) is 5.12. The van der Waals surface area contributed by atoms with Crippen LogP contribution in [0.5, 0.6) is 0 Å². The molecule has 0 aliphatic carbocycles. The molecular weight excluding hydrogens is 266 g/mol. The zero-order chi connectivity index (χ0) is 15.2. The van der Waals surface area contributed by atoms with E-state index in [2.05, 4.69) is 10.2 Å². The van der Waals surface area contributed by atoms with Crippen molar-refractivity contribution in [3.8, 4) is 0 Å². The van der Waals surface area contributed by atoms with Crippen LogP contribution < -0.4 is 0 Å². The molecule has 2 N–H and O–H groups in total. The Kier molecular flexibility index (Phi) is 5.11. The fourth-order valence-electron chi connectivity index (χ4n) is 2.17. The summed E-state index contributed by atoms with van der Waals surface area (Å²) in [6.45, 7) is 4.78. The average Bonchev–Trinajstić information content (AvgIpc) is 2.98. The summed E-state index contributed by atoms with van der Waals surface area (Å²) in [6.07, 6.45) is 1.23. The number of carbonyl (C=O) groups is 1. The van der Waals surface area contributed by atoms with Crippen molar-refractivity contribution in [3.63, 3.8) is 0 Å². The van der Waals surface area contributed by atoms with Crippen LogP contribution >= 0.6 is 0 Å². The summed E-state index contributed by atoms with van der Waals surface area (Å²) in [5.41, 5.74) is 2.75. The van der Waals surface area contributed by atoms with Gasteiger partial charge in [-0.15, -0.1) is 0 Å². The number of aliphatic hydroxyl groups is 1. The first-order valence-corrected chi connectivity index (χ1v) is 7.10. The van der Waals surface area contributed by atoms with Gasteiger partial charge in [0.05, 0.1) is 19.1 Å². The summed E-state index contributed by atoms with van der Waals surface area (Å²) in [5.74, 6) is -0.0205. The molecular formula is C16H21N3O2. The molecule has 1 amide bonds. The number of likely N-dealkylation sites (N-methyl/N-ethyl adjacent to an activating group) is 1. The first-order chi connectivity index (χ1) is 10.1. The van der Waals surface area contributed by atoms with Crippen molar-refractivity contribution in [1.82, 2.24) is 15.1 Å². The van der Waals surface area contributed by atoms with Gasteiger partial charge in [-0.2, -0.15) is 5.10 Å². The van der Waals surface area contributed by atoms with Crippen LogP contribution in [0.1, 0.15) is 29.8 Å². The van der Waals surface area contributed by atoms with Crippen LogP contribution in [0.3, 0.4) is 0 Å². The quantitative estimate of drug-likeness (QED) is 0.852. The number of hydrogen-bond donors (Lipinski definition) is 2. The lowest BCUT2D eigenvalue weighted by molar-refractivity contribution is -0.131. The van der Waals surface area contributed by atoms with Crippen molar-refractivity contribution >= 4 is 5.91 Å². The number of benzene rings is 1. The third-order valence-electron chi connectivity index (χ3n) is 3.49. The van der Waals surface area contributed by atoms with E-state index >= 15 is 0 Å². The van der Waals surface area contributed by atoms with E-state index in [1.807, 2.05) is 38.1 Å². The number of aliphatic hydroxyl groups excluding tert-OH is 1. The number of aryl methyl sites for hydroxylation is 1. The molecule has 0 spiro atoms. The van der Waals surface area contributed by atoms with Crippen molar-refractivity contribution in [3.05, 3.63) is 53.3 Å². The fraction of sp³-hybridized carbons (Fsp3) is 0.375. The maximum absolute atomic E-state index is 12.2. The molecule has 2 aromatic rings. The molecule has 0 bridgehead atoms. The Morgan fingerprint density at radius 2 is 2.05 bits per heavy atom. The molecule has 5 nitrogen and oxygen atoms in total. The third kappa shape index (κ3) is 4.16. The zero-order valence-electron chi connectivity index (χ0n) is 12.4. The normalized spacial score (nSPS) is 12.1. The highest BCUT2D eigenvalue weighted by molar-refractivity contribution is 5.78. The highest BCUT2D eigenvalue weighted by Crippen LogP contribution is 2.15. The van der Waals surface area contributed by atoms with Crippen molar-refractivity contribution in [2.45, 2.75) is 26.4 Å². The third-order valence-corrected chi connectivity index (χ3v) is 3.49. The fourth-order valence-corrected chi connectivity index (χ4v) is 2.17. The second-order valence-corrected chi connectivity index (χ2v) is 5.12. The maximum atomic E-state index is 12.2. The minimum atomic E-state index is -0.670. The molecule has 1 heterocycles. The Hall–Kier alpha value is -2.14. The number of rotatable bonds is 6. The van der Waals surface area contributed by atoms with Crippen LogP contribution in [0, 0.1) is 6.92 Å². The van der Waals surface area contributed by atoms with Gasteiger partial charge in [-0.3, -0.25) is 9.89 Å². The Bertz CT molecular complexity index is 564. The minimum Gasteiger partial charge on any atom is -0.387 e. The average molecular weight is 287 g/mol. The molecule has 1 unspecified atom stereocenters. The van der Waals surface area contributed by atoms with Crippen LogP contribution in [0.2, 0.25) is 0 Å². The second kappa shape index (κ2) is 7.04. The highest BCUT2D eigenvalue weighted by atomic mass is 16.3. The van der Waals surface area contributed by atoms with E-state index in [-0.39, 0.29) is 12.3 Å². The molecule has 1 aromatic heterocycles. The van der Waals surface area contributed by atoms with Gasteiger partial charge < -0.3 is 10.0 Å². The van der Waals surface area contributed by atoms with Gasteiger partial charge in [-0.25, -0.2) is 0 Å². The van der Waals surface area contributed by atoms with E-state index in [0.717, 1.165) is 16.8 Å². The van der Waals surface area contributed by atoms with Crippen molar-refractivity contribution < 1.29 is 9.90 Å². The van der Waals surface area contributed by atoms with E-state index in [9.17, 15) is 9.90 Å². The smallest absolute Gasteiger partial charge is 0.228 e. The number of aromatic nitrogens is 2. The summed E-state index contributed by atoms with van der Waals surface area (Å²) in [6, 6.07) is 9.49. The number of nitrogens with one attached hydrogen (secondary N) is 1. The number of carbonyl (C=O) groups excluding carboxylic acids is 1. The minimum absolute atomic E-state index is 0.0205. The molecule has 0 aliphatic heterocycles. The standard InChI is InChI=1S/C16H21N3O2/c1-3-19(16(21)10-14-8-9-17-18-14)11-15(20)13-6-4-12(2)5-7-13/h4-9,15,20H,3,10-11H2,1-2H3,(H,17,18). The van der Waals surface area contributed by atoms with Gasteiger partial charge in [0.2, 0.25) is 5.91 Å². The Labute approximate surface area is 124 Å². The summed E-state index contributed by atoms with van der Waals surface area (Å²) in [7, 11) is 0. The molecule has 2 rings (SSSR count). The Morgan fingerprint density at radius 3 is 2.62 bits per heavy atom. The van der Waals surface area contributed by atoms with Crippen LogP contribution in [0.4, 0.5) is 0 Å². The predicted octanol–water partition coefficient (Wildman–Crippen LogP) is 1.84. The lowest BCUT2D eigenvalue weighted by Crippen LogP contribution is -2.35. The molecule has 1 aromatic carbocycles. The van der Waals surface area contributed by atoms with Crippen LogP contribution in [-0.4, -0.2) is 39.2 Å². The van der Waals surface area contributed by atoms with Crippen molar-refractivity contribution in [2.24, 2.45) is 0 Å². The van der Waals surface area contributed by atoms with E-state index in [0.29, 0.717) is 13.1 Å². The number of hydrogen-bond acceptors (Lipinski definition) is 3. The van der Waals surface area contributed by atoms with Gasteiger partial charge in [-0.1, -0.05) is 29.8 Å². The summed E-state index contributed by atoms with van der Waals surface area (Å²) < 4.78 is 0. The van der Waals surface area contributed by atoms with E-state index in [1.54, 1.807) is 17.2 Å². The van der Waals surface area contributed by atoms with Gasteiger partial charge in [-0.05, 0) is 25.5 Å². The molecule has 0 fully saturated rings. The number of aromatic amines is 1. The predicted molar refractivity (Wildman–Crippen MR) is 80.7 cm³/mol. The van der Waals surface area contributed by atoms with Crippen LogP contribution in [0.15, 0.2) is 36.5 Å². The van der Waals surface area contributed by atoms with E-state index in [1.165, 1.54) is 0 Å². The molecule has 21 heavy (non-hydrogen) atoms. The summed E-state index contributed by atoms with van der Waals surface area (Å²) in [4.78, 5) is 13.9. The number of nitrogens with zero attached hydrogens (tertiary/aromatic N) is 2. The van der Waals surface area contributed by atoms with E-state index < -0.39 is 6.10 Å². The SMILES string of the molecule is CCN(CC(O)c1ccc(C)cc1)C(=O)Cc1ccn[nH]1. The van der Waals surface area contributed by atoms with Crippen LogP contribution in [-0.2, 0) is 11.2 Å². The first-order valence-electron chi connectivity index (χ1n) is 7.10. The first kappa shape index (κ1) is 15.3. The highest BCUT2D eigenvalue weighted by Gasteiger charge is 2.18. The lowest BCUT2D eigenvalue weighted by atomic mass is 10.1. The summed E-state index contributed by atoms with van der Waals surface area (Å²) in [5, 5.41) is 16.9. The number of amides is 1. The molecule has 1 atom stereocenters. The molecule has 5 heteroatoms. The van der Waals surface area contributed by atoms with Gasteiger partial charge in [0, 0.05) is 18.4 Å². The molecule has 112 valence electrons. The van der Waals surface area contributed by atoms with Crippen LogP contribution in [0.25, 0.3) is 0 Å². The summed E-state index contributed by atoms with van der Waals surface area (Å²) >= 11 is 0. The topological polar surface area (TPSA) is 69.2 Å². The van der Waals surface area contributed by atoms with Gasteiger partial charge >= 0.3 is 0 Å². The Balaban J connectivity index is 1.97. The lowest BCUT2D eigenvalue weighted by Gasteiger charge is -2.24. The molecule has 0 saturated heterocycles. The largest absolute Gasteiger partial charge is 0.387 e.